The van der Waals surface area contributed by atoms with Crippen molar-refractivity contribution in [2.45, 2.75) is 62.1 Å². The summed E-state index contributed by atoms with van der Waals surface area (Å²) in [6.07, 6.45) is 7.32. The summed E-state index contributed by atoms with van der Waals surface area (Å²) in [6, 6.07) is 10.9. The lowest BCUT2D eigenvalue weighted by atomic mass is 9.68. The molecule has 14 heteroatoms. The molecule has 2 amide bonds. The van der Waals surface area contributed by atoms with Gasteiger partial charge in [0.1, 0.15) is 5.75 Å². The third-order valence-corrected chi connectivity index (χ3v) is 13.0. The van der Waals surface area contributed by atoms with Crippen LogP contribution in [0, 0.1) is 11.8 Å². The summed E-state index contributed by atoms with van der Waals surface area (Å²) in [5.74, 6) is -1.05. The van der Waals surface area contributed by atoms with E-state index in [1.54, 1.807) is 25.3 Å². The molecule has 278 valence electrons. The van der Waals surface area contributed by atoms with Gasteiger partial charge in [0, 0.05) is 57.8 Å². The van der Waals surface area contributed by atoms with Gasteiger partial charge in [-0.1, -0.05) is 35.9 Å². The van der Waals surface area contributed by atoms with Crippen molar-refractivity contribution in [3.8, 4) is 5.75 Å². The molecule has 1 fully saturated rings. The Morgan fingerprint density at radius 3 is 2.76 bits per heavy atom. The Kier molecular flexibility index (Phi) is 11.1. The van der Waals surface area contributed by atoms with E-state index < -0.39 is 40.1 Å². The standard InChI is InChI=1S/C37H49ClN4O8S/c1-40-16-5-4-8-32(43)29-12-9-26(29)22-42-23-36(15-6-7-25-19-28(38)11-13-30(25)36)24-50-33-14-10-27(20-31(33)42)37(46,21-34(40)44)35(45)39-51(47,48)41(2)17-18-49-3/h4,8,10-11,13-14,19-20,26,29,32,43,46H,5-7,9,12,15-18,21-24H2,1-3H3,(H,39,45)/b8-4-/t26-,29+,32-,36-,37+/m0/s1. The summed E-state index contributed by atoms with van der Waals surface area (Å²) in [6.45, 7) is 1.87. The number of ether oxygens (including phenoxy) is 2. The summed E-state index contributed by atoms with van der Waals surface area (Å²) in [7, 11) is -0.116. The molecule has 2 aromatic carbocycles. The van der Waals surface area contributed by atoms with Crippen molar-refractivity contribution in [3.05, 3.63) is 70.3 Å². The fourth-order valence-electron chi connectivity index (χ4n) is 7.98. The molecule has 3 N–H and O–H groups in total. The average molecular weight is 745 g/mol. The van der Waals surface area contributed by atoms with Crippen LogP contribution in [-0.2, 0) is 42.0 Å². The molecule has 2 aliphatic carbocycles. The summed E-state index contributed by atoms with van der Waals surface area (Å²) in [5, 5.41) is 24.2. The number of halogens is 1. The highest BCUT2D eigenvalue weighted by molar-refractivity contribution is 7.87. The first-order valence-electron chi connectivity index (χ1n) is 17.7. The van der Waals surface area contributed by atoms with Crippen molar-refractivity contribution in [1.29, 1.82) is 0 Å². The van der Waals surface area contributed by atoms with Gasteiger partial charge in [-0.3, -0.25) is 9.59 Å². The number of nitrogens with one attached hydrogen (secondary N) is 1. The van der Waals surface area contributed by atoms with Crippen LogP contribution in [0.25, 0.3) is 0 Å². The van der Waals surface area contributed by atoms with E-state index in [0.717, 1.165) is 36.4 Å². The van der Waals surface area contributed by atoms with E-state index in [-0.39, 0.29) is 42.5 Å². The number of anilines is 1. The zero-order valence-corrected chi connectivity index (χ0v) is 31.1. The molecule has 0 saturated heterocycles. The molecule has 5 atom stereocenters. The highest BCUT2D eigenvalue weighted by Gasteiger charge is 2.47. The van der Waals surface area contributed by atoms with E-state index in [1.807, 2.05) is 22.9 Å². The molecule has 1 spiro atoms. The zero-order chi connectivity index (χ0) is 36.6. The summed E-state index contributed by atoms with van der Waals surface area (Å²) < 4.78 is 40.9. The first kappa shape index (κ1) is 37.6. The van der Waals surface area contributed by atoms with Crippen LogP contribution in [0.5, 0.6) is 5.75 Å². The number of nitrogens with zero attached hydrogens (tertiary/aromatic N) is 3. The van der Waals surface area contributed by atoms with Gasteiger partial charge >= 0.3 is 10.2 Å². The molecule has 0 unspecified atom stereocenters. The molecule has 51 heavy (non-hydrogen) atoms. The minimum absolute atomic E-state index is 0.0359. The fourth-order valence-corrected chi connectivity index (χ4v) is 9.05. The predicted octanol–water partition coefficient (Wildman–Crippen LogP) is 3.14. The molecule has 2 aromatic rings. The normalized spacial score (nSPS) is 29.0. The van der Waals surface area contributed by atoms with Crippen LogP contribution in [0.3, 0.4) is 0 Å². The van der Waals surface area contributed by atoms with Crippen LogP contribution in [-0.4, -0.2) is 106 Å². The second-order valence-electron chi connectivity index (χ2n) is 14.6. The molecule has 6 rings (SSSR count). The smallest absolute Gasteiger partial charge is 0.303 e. The number of aliphatic hydroxyl groups is 2. The third-order valence-electron chi connectivity index (χ3n) is 11.3. The topological polar surface area (TPSA) is 149 Å². The van der Waals surface area contributed by atoms with Crippen molar-refractivity contribution in [2.75, 3.05) is 65.5 Å². The molecule has 1 saturated carbocycles. The van der Waals surface area contributed by atoms with E-state index >= 15 is 0 Å². The van der Waals surface area contributed by atoms with Gasteiger partial charge in [-0.15, -0.1) is 0 Å². The minimum atomic E-state index is -4.40. The summed E-state index contributed by atoms with van der Waals surface area (Å²) >= 11 is 6.43. The second kappa shape index (κ2) is 15.0. The van der Waals surface area contributed by atoms with Gasteiger partial charge in [0.05, 0.1) is 31.4 Å². The highest BCUT2D eigenvalue weighted by atomic mass is 35.5. The molecular formula is C37H49ClN4O8S. The van der Waals surface area contributed by atoms with Crippen LogP contribution in [0.15, 0.2) is 48.6 Å². The molecule has 2 bridgehead atoms. The minimum Gasteiger partial charge on any atom is -0.490 e. The van der Waals surface area contributed by atoms with Gasteiger partial charge in [-0.25, -0.2) is 4.72 Å². The Balaban J connectivity index is 1.45. The van der Waals surface area contributed by atoms with Crippen LogP contribution >= 0.6 is 11.6 Å². The average Bonchev–Trinajstić information content (AvgIpc) is 3.23. The Morgan fingerprint density at radius 2 is 2.02 bits per heavy atom. The first-order valence-corrected chi connectivity index (χ1v) is 19.5. The zero-order valence-electron chi connectivity index (χ0n) is 29.5. The lowest BCUT2D eigenvalue weighted by molar-refractivity contribution is -0.148. The van der Waals surface area contributed by atoms with Crippen LogP contribution in [0.4, 0.5) is 5.69 Å². The maximum atomic E-state index is 14.0. The molecule has 2 heterocycles. The van der Waals surface area contributed by atoms with Gasteiger partial charge in [-0.05, 0) is 91.3 Å². The highest BCUT2D eigenvalue weighted by Crippen LogP contribution is 2.47. The van der Waals surface area contributed by atoms with Crippen molar-refractivity contribution < 1.29 is 37.7 Å². The van der Waals surface area contributed by atoms with E-state index in [1.165, 1.54) is 36.3 Å². The maximum Gasteiger partial charge on any atom is 0.303 e. The van der Waals surface area contributed by atoms with E-state index in [2.05, 4.69) is 11.0 Å². The van der Waals surface area contributed by atoms with Crippen molar-refractivity contribution >= 4 is 39.3 Å². The molecule has 0 aromatic heterocycles. The van der Waals surface area contributed by atoms with Gasteiger partial charge in [0.25, 0.3) is 5.91 Å². The lowest BCUT2D eigenvalue weighted by Crippen LogP contribution is -2.52. The van der Waals surface area contributed by atoms with E-state index in [4.69, 9.17) is 21.1 Å². The number of methoxy groups -OCH3 is 1. The van der Waals surface area contributed by atoms with Crippen LogP contribution in [0.1, 0.15) is 55.2 Å². The SMILES string of the molecule is COCCN(C)S(=O)(=O)NC(=O)[C@@]1(O)CC(=O)N(C)CC/C=C\[C@H](O)[C@@H]2CC[C@H]2CN2C[C@@]3(CCCc4cc(Cl)ccc43)COc3ccc1cc32. The van der Waals surface area contributed by atoms with Crippen molar-refractivity contribution in [1.82, 2.24) is 13.9 Å². The fraction of sp³-hybridized carbons (Fsp3) is 0.568. The van der Waals surface area contributed by atoms with Crippen molar-refractivity contribution in [3.63, 3.8) is 0 Å². The molecule has 4 aliphatic rings. The van der Waals surface area contributed by atoms with E-state index in [9.17, 15) is 28.2 Å². The number of benzene rings is 2. The van der Waals surface area contributed by atoms with Gasteiger partial charge in [0.15, 0.2) is 5.60 Å². The Bertz CT molecular complexity index is 1770. The summed E-state index contributed by atoms with van der Waals surface area (Å²) in [4.78, 5) is 31.3. The number of carbonyl (C=O) groups excluding carboxylic acids is 2. The quantitative estimate of drug-likeness (QED) is 0.380. The molecule has 0 radical (unpaired) electrons. The number of aryl methyl sites for hydroxylation is 1. The molecular weight excluding hydrogens is 696 g/mol. The number of likely N-dealkylation sites (N-methyl/N-ethyl adjacent to an activating group) is 1. The number of aliphatic hydroxyl groups excluding tert-OH is 1. The monoisotopic (exact) mass is 744 g/mol. The maximum absolute atomic E-state index is 14.0. The second-order valence-corrected chi connectivity index (χ2v) is 16.8. The number of hydrogen-bond acceptors (Lipinski definition) is 9. The Hall–Kier alpha value is -3.20. The molecule has 12 nitrogen and oxygen atoms in total. The third kappa shape index (κ3) is 7.65. The van der Waals surface area contributed by atoms with Gasteiger partial charge in [0.2, 0.25) is 5.91 Å². The van der Waals surface area contributed by atoms with Crippen LogP contribution in [0.2, 0.25) is 5.02 Å². The lowest BCUT2D eigenvalue weighted by Gasteiger charge is -2.45. The number of fused-ring (bicyclic) bond motifs is 4. The number of rotatable bonds is 6. The van der Waals surface area contributed by atoms with Gasteiger partial charge in [-0.2, -0.15) is 12.7 Å². The Labute approximate surface area is 305 Å². The van der Waals surface area contributed by atoms with Crippen LogP contribution < -0.4 is 14.4 Å². The molecule has 2 aliphatic heterocycles. The first-order chi connectivity index (χ1) is 24.3. The van der Waals surface area contributed by atoms with Gasteiger partial charge < -0.3 is 29.5 Å². The predicted molar refractivity (Wildman–Crippen MR) is 194 cm³/mol. The number of hydrogen-bond donors (Lipinski definition) is 3. The van der Waals surface area contributed by atoms with Crippen molar-refractivity contribution in [2.24, 2.45) is 11.8 Å². The Morgan fingerprint density at radius 1 is 1.22 bits per heavy atom. The number of amides is 2. The summed E-state index contributed by atoms with van der Waals surface area (Å²) in [5.41, 5.74) is 0.114. The largest absolute Gasteiger partial charge is 0.490 e. The van der Waals surface area contributed by atoms with E-state index in [0.29, 0.717) is 42.6 Å². The number of carbonyl (C=O) groups is 2.